The van der Waals surface area contributed by atoms with Gasteiger partial charge in [0.25, 0.3) is 0 Å². The Kier molecular flexibility index (Phi) is 6.66. The summed E-state index contributed by atoms with van der Waals surface area (Å²) in [5.41, 5.74) is 5.61. The van der Waals surface area contributed by atoms with Gasteiger partial charge in [-0.05, 0) is 0 Å². The molecule has 9 nitrogen and oxygen atoms in total. The summed E-state index contributed by atoms with van der Waals surface area (Å²) in [6.07, 6.45) is 0.235. The largest absolute Gasteiger partial charge is 0.368 e. The van der Waals surface area contributed by atoms with Gasteiger partial charge >= 0.3 is 6.03 Å². The lowest BCUT2D eigenvalue weighted by atomic mass is 10.4. The Morgan fingerprint density at radius 1 is 1.29 bits per heavy atom. The molecular formula is C11H19N7O2S. The van der Waals surface area contributed by atoms with Crippen molar-refractivity contribution in [1.82, 2.24) is 25.6 Å². The normalized spacial score (nSPS) is 10.0. The molecule has 0 aliphatic carbocycles. The van der Waals surface area contributed by atoms with Crippen LogP contribution in [0.15, 0.2) is 0 Å². The maximum atomic E-state index is 11.4. The fourth-order valence-electron chi connectivity index (χ4n) is 1.27. The molecule has 0 spiro atoms. The molecule has 4 N–H and O–H groups in total. The number of urea groups is 1. The van der Waals surface area contributed by atoms with E-state index in [1.807, 2.05) is 14.1 Å². The van der Waals surface area contributed by atoms with Crippen molar-refractivity contribution in [3.8, 4) is 0 Å². The molecule has 116 valence electrons. The van der Waals surface area contributed by atoms with Crippen LogP contribution < -0.4 is 21.3 Å². The third-order valence-corrected chi connectivity index (χ3v) is 3.23. The van der Waals surface area contributed by atoms with Gasteiger partial charge in [-0.25, -0.2) is 4.79 Å². The highest BCUT2D eigenvalue weighted by Crippen LogP contribution is 2.13. The molecule has 0 aromatic carbocycles. The Bertz CT molecular complexity index is 509. The van der Waals surface area contributed by atoms with Crippen molar-refractivity contribution >= 4 is 35.6 Å². The Labute approximate surface area is 127 Å². The molecule has 0 aliphatic rings. The highest BCUT2D eigenvalue weighted by Gasteiger charge is 2.08. The first-order valence-corrected chi connectivity index (χ1v) is 7.35. The van der Waals surface area contributed by atoms with Crippen molar-refractivity contribution in [1.29, 1.82) is 0 Å². The summed E-state index contributed by atoms with van der Waals surface area (Å²) >= 11 is 1.48. The molecule has 10 heteroatoms. The number of aromatic nitrogens is 3. The van der Waals surface area contributed by atoms with E-state index in [0.29, 0.717) is 23.3 Å². The lowest BCUT2D eigenvalue weighted by Crippen LogP contribution is -2.37. The molecule has 0 atom stereocenters. The molecule has 0 fully saturated rings. The molecule has 1 rings (SSSR count). The van der Waals surface area contributed by atoms with Gasteiger partial charge < -0.3 is 16.0 Å². The second kappa shape index (κ2) is 8.25. The molecule has 1 aromatic rings. The van der Waals surface area contributed by atoms with E-state index in [1.165, 1.54) is 18.8 Å². The van der Waals surface area contributed by atoms with Gasteiger partial charge in [-0.2, -0.15) is 26.7 Å². The fraction of sp³-hybridized carbons (Fsp3) is 0.545. The van der Waals surface area contributed by atoms with Gasteiger partial charge in [0, 0.05) is 33.3 Å². The molecule has 21 heavy (non-hydrogen) atoms. The van der Waals surface area contributed by atoms with E-state index in [0.717, 1.165) is 0 Å². The number of hydrogen-bond acceptors (Lipinski definition) is 8. The summed E-state index contributed by atoms with van der Waals surface area (Å²) in [5, 5.41) is 4.50. The number of amides is 3. The average molecular weight is 313 g/mol. The lowest BCUT2D eigenvalue weighted by molar-refractivity contribution is -0.119. The molecule has 1 aromatic heterocycles. The van der Waals surface area contributed by atoms with E-state index in [-0.39, 0.29) is 18.3 Å². The van der Waals surface area contributed by atoms with Crippen LogP contribution in [0.4, 0.5) is 16.7 Å². The van der Waals surface area contributed by atoms with Crippen LogP contribution in [0.2, 0.25) is 0 Å². The molecule has 0 saturated heterocycles. The minimum Gasteiger partial charge on any atom is -0.368 e. The minimum absolute atomic E-state index is 0.168. The molecule has 0 unspecified atom stereocenters. The summed E-state index contributed by atoms with van der Waals surface area (Å²) in [4.78, 5) is 36.3. The Morgan fingerprint density at radius 2 is 2.00 bits per heavy atom. The zero-order valence-corrected chi connectivity index (χ0v) is 13.0. The first-order valence-electron chi connectivity index (χ1n) is 6.19. The topological polar surface area (TPSA) is 126 Å². The third-order valence-electron chi connectivity index (χ3n) is 2.27. The number of imide groups is 1. The maximum Gasteiger partial charge on any atom is 0.321 e. The molecule has 0 bridgehead atoms. The van der Waals surface area contributed by atoms with Crippen molar-refractivity contribution in [2.24, 2.45) is 0 Å². The van der Waals surface area contributed by atoms with Gasteiger partial charge in [-0.3, -0.25) is 10.1 Å². The lowest BCUT2D eigenvalue weighted by Gasteiger charge is -2.11. The van der Waals surface area contributed by atoms with Crippen LogP contribution in [0.1, 0.15) is 12.2 Å². The molecular weight excluding hydrogens is 294 g/mol. The van der Waals surface area contributed by atoms with Crippen LogP contribution in [0.5, 0.6) is 0 Å². The van der Waals surface area contributed by atoms with Crippen molar-refractivity contribution in [2.45, 2.75) is 12.2 Å². The molecule has 0 saturated carbocycles. The second-order valence-electron chi connectivity index (χ2n) is 4.23. The number of nitrogens with one attached hydrogen (secondary N) is 2. The minimum atomic E-state index is -0.508. The van der Waals surface area contributed by atoms with Gasteiger partial charge in [-0.1, -0.05) is 0 Å². The first-order chi connectivity index (χ1) is 9.92. The summed E-state index contributed by atoms with van der Waals surface area (Å²) < 4.78 is 0. The molecule has 0 radical (unpaired) electrons. The summed E-state index contributed by atoms with van der Waals surface area (Å²) in [7, 11) is 5.08. The van der Waals surface area contributed by atoms with Crippen LogP contribution in [0.25, 0.3) is 0 Å². The van der Waals surface area contributed by atoms with Gasteiger partial charge in [0.15, 0.2) is 0 Å². The molecule has 0 aliphatic heterocycles. The highest BCUT2D eigenvalue weighted by atomic mass is 32.2. The quantitative estimate of drug-likeness (QED) is 0.606. The van der Waals surface area contributed by atoms with E-state index in [9.17, 15) is 9.59 Å². The van der Waals surface area contributed by atoms with Gasteiger partial charge in [-0.15, -0.1) is 0 Å². The Hall–Kier alpha value is -2.10. The zero-order valence-electron chi connectivity index (χ0n) is 12.2. The van der Waals surface area contributed by atoms with Gasteiger partial charge in [0.1, 0.15) is 5.82 Å². The monoisotopic (exact) mass is 313 g/mol. The summed E-state index contributed by atoms with van der Waals surface area (Å²) in [6, 6.07) is -0.508. The Balaban J connectivity index is 2.39. The van der Waals surface area contributed by atoms with E-state index in [1.54, 1.807) is 4.90 Å². The number of thioether (sulfide) groups is 1. The molecule has 1 heterocycles. The second-order valence-corrected chi connectivity index (χ2v) is 5.34. The third kappa shape index (κ3) is 6.25. The van der Waals surface area contributed by atoms with E-state index >= 15 is 0 Å². The molecule has 3 amide bonds. The smallest absolute Gasteiger partial charge is 0.321 e. The van der Waals surface area contributed by atoms with Crippen molar-refractivity contribution in [3.05, 3.63) is 5.82 Å². The number of rotatable bonds is 6. The van der Waals surface area contributed by atoms with Crippen LogP contribution >= 0.6 is 11.8 Å². The zero-order chi connectivity index (χ0) is 15.8. The van der Waals surface area contributed by atoms with Crippen molar-refractivity contribution in [2.75, 3.05) is 37.5 Å². The van der Waals surface area contributed by atoms with Crippen molar-refractivity contribution < 1.29 is 9.59 Å². The maximum absolute atomic E-state index is 11.4. The number of hydrogen-bond donors (Lipinski definition) is 3. The average Bonchev–Trinajstić information content (AvgIpc) is 2.42. The number of carbonyl (C=O) groups excluding carboxylic acids is 2. The van der Waals surface area contributed by atoms with E-state index < -0.39 is 6.03 Å². The predicted molar refractivity (Wildman–Crippen MR) is 81.9 cm³/mol. The van der Waals surface area contributed by atoms with Crippen molar-refractivity contribution in [3.63, 3.8) is 0 Å². The number of nitrogen functional groups attached to an aromatic ring is 1. The Morgan fingerprint density at radius 3 is 2.62 bits per heavy atom. The summed E-state index contributed by atoms with van der Waals surface area (Å²) in [6.45, 7) is 0. The van der Waals surface area contributed by atoms with Crippen LogP contribution in [0, 0.1) is 0 Å². The van der Waals surface area contributed by atoms with Gasteiger partial charge in [0.2, 0.25) is 17.8 Å². The highest BCUT2D eigenvalue weighted by molar-refractivity contribution is 7.98. The SMILES string of the molecule is CNC(=O)NC(=O)CCSCc1nc(N)nc(N(C)C)n1. The van der Waals surface area contributed by atoms with E-state index in [2.05, 4.69) is 25.6 Å². The van der Waals surface area contributed by atoms with Gasteiger partial charge in [0.05, 0.1) is 5.75 Å². The first kappa shape index (κ1) is 17.0. The standard InChI is InChI=1S/C11H19N7O2S/c1-13-11(20)16-8(19)4-5-21-6-7-14-9(12)17-10(15-7)18(2)3/h4-6H2,1-3H3,(H2,12,14,15,17)(H2,13,16,19,20). The summed E-state index contributed by atoms with van der Waals surface area (Å²) in [5.74, 6) is 1.96. The number of nitrogens with zero attached hydrogens (tertiary/aromatic N) is 4. The van der Waals surface area contributed by atoms with Crippen LogP contribution in [-0.4, -0.2) is 53.8 Å². The van der Waals surface area contributed by atoms with Crippen LogP contribution in [0.3, 0.4) is 0 Å². The number of nitrogens with two attached hydrogens (primary N) is 1. The number of carbonyl (C=O) groups is 2. The number of anilines is 2. The van der Waals surface area contributed by atoms with E-state index in [4.69, 9.17) is 5.73 Å². The fourth-order valence-corrected chi connectivity index (χ4v) is 2.06. The predicted octanol–water partition coefficient (Wildman–Crippen LogP) is -0.401. The van der Waals surface area contributed by atoms with Crippen LogP contribution in [-0.2, 0) is 10.5 Å².